The first kappa shape index (κ1) is 18.7. The fourth-order valence-corrected chi connectivity index (χ4v) is 3.90. The molecule has 0 radical (unpaired) electrons. The van der Waals surface area contributed by atoms with E-state index in [0.717, 1.165) is 17.7 Å². The number of hydrogen-bond acceptors (Lipinski definition) is 4. The van der Waals surface area contributed by atoms with Gasteiger partial charge in [0.1, 0.15) is 0 Å². The van der Waals surface area contributed by atoms with Crippen LogP contribution in [0.2, 0.25) is 5.02 Å². The number of ether oxygens (including phenoxy) is 1. The van der Waals surface area contributed by atoms with Gasteiger partial charge in [0.15, 0.2) is 34.6 Å². The second-order valence-electron chi connectivity index (χ2n) is 7.28. The zero-order valence-electron chi connectivity index (χ0n) is 15.6. The Morgan fingerprint density at radius 1 is 1.11 bits per heavy atom. The summed E-state index contributed by atoms with van der Waals surface area (Å²) in [5.41, 5.74) is 6.19. The van der Waals surface area contributed by atoms with Crippen LogP contribution in [0.3, 0.4) is 0 Å². The van der Waals surface area contributed by atoms with Crippen LogP contribution in [0.1, 0.15) is 32.6 Å². The van der Waals surface area contributed by atoms with Crippen molar-refractivity contribution in [1.29, 1.82) is 0 Å². The molecule has 28 heavy (non-hydrogen) atoms. The van der Waals surface area contributed by atoms with Gasteiger partial charge in [-0.3, -0.25) is 0 Å². The molecule has 3 atom stereocenters. The van der Waals surface area contributed by atoms with Crippen molar-refractivity contribution in [2.75, 3.05) is 5.73 Å². The Balaban J connectivity index is 1.80. The Hall–Kier alpha value is -2.67. The highest BCUT2D eigenvalue weighted by Gasteiger charge is 2.51. The second-order valence-corrected chi connectivity index (χ2v) is 7.71. The summed E-state index contributed by atoms with van der Waals surface area (Å²) in [7, 11) is 0. The monoisotopic (exact) mass is 404 g/mol. The first-order valence-corrected chi connectivity index (χ1v) is 9.25. The highest BCUT2D eigenvalue weighted by atomic mass is 35.5. The Morgan fingerprint density at radius 2 is 1.71 bits per heavy atom. The van der Waals surface area contributed by atoms with Crippen molar-refractivity contribution in [2.45, 2.75) is 32.4 Å². The Morgan fingerprint density at radius 3 is 2.32 bits per heavy atom. The Labute approximate surface area is 166 Å². The standard InChI is InChI=1S/C20H19ClF2N4O/c1-10-11(2)27-18(12-4-6-14(24)7-5-12)25-26-19(27)20(10,3)28-17-15(22)8-13(21)9-16(17)23/h4-11H,24H2,1-3H3. The number of anilines is 1. The lowest BCUT2D eigenvalue weighted by Gasteiger charge is -2.30. The summed E-state index contributed by atoms with van der Waals surface area (Å²) in [6, 6.07) is 9.29. The lowest BCUT2D eigenvalue weighted by Crippen LogP contribution is -2.35. The minimum absolute atomic E-state index is 0.0332. The van der Waals surface area contributed by atoms with Gasteiger partial charge in [-0.05, 0) is 50.2 Å². The van der Waals surface area contributed by atoms with E-state index in [0.29, 0.717) is 17.3 Å². The molecule has 2 aromatic carbocycles. The predicted molar refractivity (Wildman–Crippen MR) is 103 cm³/mol. The first-order valence-electron chi connectivity index (χ1n) is 8.87. The largest absolute Gasteiger partial charge is 0.473 e. The molecule has 2 heterocycles. The summed E-state index contributed by atoms with van der Waals surface area (Å²) < 4.78 is 36.5. The highest BCUT2D eigenvalue weighted by Crippen LogP contribution is 2.48. The highest BCUT2D eigenvalue weighted by molar-refractivity contribution is 6.30. The summed E-state index contributed by atoms with van der Waals surface area (Å²) in [6.45, 7) is 5.72. The zero-order valence-corrected chi connectivity index (χ0v) is 16.3. The molecule has 3 unspecified atom stereocenters. The van der Waals surface area contributed by atoms with Crippen LogP contribution in [0.25, 0.3) is 11.4 Å². The molecular formula is C20H19ClF2N4O. The Kier molecular flexibility index (Phi) is 4.30. The van der Waals surface area contributed by atoms with E-state index < -0.39 is 23.0 Å². The molecule has 0 bridgehead atoms. The number of rotatable bonds is 3. The van der Waals surface area contributed by atoms with Gasteiger partial charge >= 0.3 is 0 Å². The number of nitrogen functional groups attached to an aromatic ring is 1. The molecule has 2 N–H and O–H groups in total. The molecule has 1 aliphatic rings. The number of aromatic nitrogens is 3. The smallest absolute Gasteiger partial charge is 0.192 e. The number of hydrogen-bond donors (Lipinski definition) is 1. The van der Waals surface area contributed by atoms with Gasteiger partial charge in [-0.1, -0.05) is 18.5 Å². The molecule has 1 aromatic heterocycles. The molecule has 0 saturated carbocycles. The van der Waals surface area contributed by atoms with E-state index in [-0.39, 0.29) is 17.0 Å². The van der Waals surface area contributed by atoms with Crippen LogP contribution < -0.4 is 10.5 Å². The van der Waals surface area contributed by atoms with Gasteiger partial charge in [0, 0.05) is 28.2 Å². The van der Waals surface area contributed by atoms with Crippen LogP contribution in [0.5, 0.6) is 5.75 Å². The Bertz CT molecular complexity index is 1030. The van der Waals surface area contributed by atoms with Crippen molar-refractivity contribution in [3.63, 3.8) is 0 Å². The molecule has 0 spiro atoms. The van der Waals surface area contributed by atoms with Crippen molar-refractivity contribution in [3.05, 3.63) is 58.9 Å². The summed E-state index contributed by atoms with van der Waals surface area (Å²) in [4.78, 5) is 0. The van der Waals surface area contributed by atoms with Crippen molar-refractivity contribution in [2.24, 2.45) is 5.92 Å². The minimum Gasteiger partial charge on any atom is -0.473 e. The molecule has 3 aromatic rings. The number of nitrogens with zero attached hydrogens (tertiary/aromatic N) is 3. The summed E-state index contributed by atoms with van der Waals surface area (Å²) in [6.07, 6.45) is 0. The lowest BCUT2D eigenvalue weighted by atomic mass is 9.88. The van der Waals surface area contributed by atoms with E-state index in [2.05, 4.69) is 10.2 Å². The molecule has 146 valence electrons. The van der Waals surface area contributed by atoms with Crippen LogP contribution in [-0.4, -0.2) is 14.8 Å². The maximum atomic E-state index is 14.3. The van der Waals surface area contributed by atoms with Crippen LogP contribution in [0.15, 0.2) is 36.4 Å². The van der Waals surface area contributed by atoms with Crippen molar-refractivity contribution >= 4 is 17.3 Å². The predicted octanol–water partition coefficient (Wildman–Crippen LogP) is 4.96. The van der Waals surface area contributed by atoms with Crippen LogP contribution in [0.4, 0.5) is 14.5 Å². The van der Waals surface area contributed by atoms with Crippen LogP contribution >= 0.6 is 11.6 Å². The van der Waals surface area contributed by atoms with E-state index >= 15 is 0 Å². The fraction of sp³-hybridized carbons (Fsp3) is 0.300. The number of fused-ring (bicyclic) bond motifs is 1. The first-order chi connectivity index (χ1) is 13.2. The SMILES string of the molecule is CC1C(C)C(C)(Oc2c(F)cc(Cl)cc2F)c2nnc(-c3ccc(N)cc3)n21. The van der Waals surface area contributed by atoms with Gasteiger partial charge in [0.2, 0.25) is 0 Å². The second kappa shape index (κ2) is 6.44. The van der Waals surface area contributed by atoms with E-state index in [1.165, 1.54) is 0 Å². The van der Waals surface area contributed by atoms with Gasteiger partial charge in [-0.2, -0.15) is 0 Å². The molecular weight excluding hydrogens is 386 g/mol. The number of halogens is 3. The van der Waals surface area contributed by atoms with Gasteiger partial charge in [0.05, 0.1) is 0 Å². The quantitative estimate of drug-likeness (QED) is 0.626. The normalized spacial score (nSPS) is 23.6. The zero-order chi connectivity index (χ0) is 20.2. The van der Waals surface area contributed by atoms with E-state index in [1.807, 2.05) is 30.5 Å². The summed E-state index contributed by atoms with van der Waals surface area (Å²) in [5.74, 6) is -1.16. The van der Waals surface area contributed by atoms with E-state index in [4.69, 9.17) is 22.1 Å². The van der Waals surface area contributed by atoms with Crippen LogP contribution in [0, 0.1) is 17.6 Å². The van der Waals surface area contributed by atoms with Crippen LogP contribution in [-0.2, 0) is 5.60 Å². The van der Waals surface area contributed by atoms with E-state index in [1.54, 1.807) is 19.1 Å². The lowest BCUT2D eigenvalue weighted by molar-refractivity contribution is 0.0233. The fourth-order valence-electron chi connectivity index (χ4n) is 3.71. The van der Waals surface area contributed by atoms with Gasteiger partial charge in [-0.25, -0.2) is 8.78 Å². The molecule has 1 aliphatic heterocycles. The molecule has 0 amide bonds. The molecule has 8 heteroatoms. The van der Waals surface area contributed by atoms with Crippen molar-refractivity contribution < 1.29 is 13.5 Å². The minimum atomic E-state index is -1.08. The number of nitrogens with two attached hydrogens (primary N) is 1. The van der Waals surface area contributed by atoms with Gasteiger partial charge in [0.25, 0.3) is 0 Å². The van der Waals surface area contributed by atoms with E-state index in [9.17, 15) is 8.78 Å². The molecule has 5 nitrogen and oxygen atoms in total. The van der Waals surface area contributed by atoms with Crippen molar-refractivity contribution in [3.8, 4) is 17.1 Å². The summed E-state index contributed by atoms with van der Waals surface area (Å²) in [5, 5.41) is 8.58. The summed E-state index contributed by atoms with van der Waals surface area (Å²) >= 11 is 5.72. The third-order valence-corrected chi connectivity index (χ3v) is 5.80. The molecule has 4 rings (SSSR count). The molecule has 0 aliphatic carbocycles. The average molecular weight is 405 g/mol. The maximum Gasteiger partial charge on any atom is 0.192 e. The van der Waals surface area contributed by atoms with Crippen molar-refractivity contribution in [1.82, 2.24) is 14.8 Å². The maximum absolute atomic E-state index is 14.3. The molecule has 0 fully saturated rings. The third kappa shape index (κ3) is 2.73. The topological polar surface area (TPSA) is 66.0 Å². The van der Waals surface area contributed by atoms with Gasteiger partial charge < -0.3 is 15.0 Å². The number of benzene rings is 2. The van der Waals surface area contributed by atoms with Gasteiger partial charge in [-0.15, -0.1) is 10.2 Å². The molecule has 0 saturated heterocycles. The third-order valence-electron chi connectivity index (χ3n) is 5.59. The average Bonchev–Trinajstić information content (AvgIpc) is 3.15.